The monoisotopic (exact) mass is 355 g/mol. The summed E-state index contributed by atoms with van der Waals surface area (Å²) in [6.07, 6.45) is 0. The summed E-state index contributed by atoms with van der Waals surface area (Å²) < 4.78 is 37.9. The Labute approximate surface area is 147 Å². The SMILES string of the molecule is Cc1cc(-c2ccccc2-c2ccccc2S(N)(=O)=O)cc(C)c1F. The van der Waals surface area contributed by atoms with E-state index in [1.54, 1.807) is 44.2 Å². The van der Waals surface area contributed by atoms with Gasteiger partial charge in [-0.2, -0.15) is 0 Å². The average molecular weight is 355 g/mol. The molecule has 3 aromatic carbocycles. The van der Waals surface area contributed by atoms with Crippen LogP contribution in [0.1, 0.15) is 11.1 Å². The van der Waals surface area contributed by atoms with Gasteiger partial charge in [-0.25, -0.2) is 17.9 Å². The van der Waals surface area contributed by atoms with Crippen LogP contribution >= 0.6 is 0 Å². The largest absolute Gasteiger partial charge is 0.238 e. The van der Waals surface area contributed by atoms with Gasteiger partial charge in [-0.05, 0) is 59.9 Å². The molecule has 0 heterocycles. The maximum atomic E-state index is 14.0. The van der Waals surface area contributed by atoms with Crippen molar-refractivity contribution in [3.8, 4) is 22.3 Å². The van der Waals surface area contributed by atoms with Crippen molar-refractivity contribution in [2.75, 3.05) is 0 Å². The van der Waals surface area contributed by atoms with Crippen molar-refractivity contribution in [3.63, 3.8) is 0 Å². The molecule has 3 nitrogen and oxygen atoms in total. The third-order valence-corrected chi connectivity index (χ3v) is 5.13. The molecule has 0 spiro atoms. The Morgan fingerprint density at radius 2 is 1.28 bits per heavy atom. The number of aryl methyl sites for hydroxylation is 2. The molecule has 0 aliphatic carbocycles. The van der Waals surface area contributed by atoms with Crippen molar-refractivity contribution in [3.05, 3.63) is 77.6 Å². The molecule has 0 aliphatic heterocycles. The van der Waals surface area contributed by atoms with E-state index >= 15 is 0 Å². The van der Waals surface area contributed by atoms with E-state index in [0.29, 0.717) is 16.7 Å². The molecule has 0 amide bonds. The van der Waals surface area contributed by atoms with Crippen LogP contribution in [0.3, 0.4) is 0 Å². The Morgan fingerprint density at radius 3 is 1.84 bits per heavy atom. The number of rotatable bonds is 3. The Morgan fingerprint density at radius 1 is 0.800 bits per heavy atom. The Bertz CT molecular complexity index is 1040. The standard InChI is InChI=1S/C20H18FNO2S/c1-13-11-15(12-14(2)20(13)21)16-7-3-4-8-17(16)18-9-5-6-10-19(18)25(22,23)24/h3-12H,1-2H3,(H2,22,23,24). The van der Waals surface area contributed by atoms with Crippen molar-refractivity contribution in [1.29, 1.82) is 0 Å². The van der Waals surface area contributed by atoms with Crippen LogP contribution in [0, 0.1) is 19.7 Å². The van der Waals surface area contributed by atoms with Crippen LogP contribution in [0.25, 0.3) is 22.3 Å². The van der Waals surface area contributed by atoms with E-state index in [-0.39, 0.29) is 10.7 Å². The van der Waals surface area contributed by atoms with Gasteiger partial charge in [0.15, 0.2) is 0 Å². The first-order chi connectivity index (χ1) is 11.8. The first-order valence-corrected chi connectivity index (χ1v) is 9.32. The number of hydrogen-bond acceptors (Lipinski definition) is 2. The summed E-state index contributed by atoms with van der Waals surface area (Å²) in [6, 6.07) is 17.6. The second kappa shape index (κ2) is 6.43. The molecular weight excluding hydrogens is 337 g/mol. The molecule has 0 aromatic heterocycles. The molecule has 0 saturated heterocycles. The topological polar surface area (TPSA) is 60.2 Å². The lowest BCUT2D eigenvalue weighted by Gasteiger charge is -2.14. The van der Waals surface area contributed by atoms with Crippen LogP contribution in [-0.4, -0.2) is 8.42 Å². The van der Waals surface area contributed by atoms with Gasteiger partial charge in [0, 0.05) is 5.56 Å². The van der Waals surface area contributed by atoms with Gasteiger partial charge in [-0.15, -0.1) is 0 Å². The highest BCUT2D eigenvalue weighted by molar-refractivity contribution is 7.89. The zero-order valence-electron chi connectivity index (χ0n) is 14.0. The van der Waals surface area contributed by atoms with Crippen LogP contribution in [-0.2, 0) is 10.0 Å². The van der Waals surface area contributed by atoms with Crippen molar-refractivity contribution in [2.24, 2.45) is 5.14 Å². The fourth-order valence-corrected chi connectivity index (χ4v) is 3.76. The summed E-state index contributed by atoms with van der Waals surface area (Å²) in [6.45, 7) is 3.43. The summed E-state index contributed by atoms with van der Waals surface area (Å²) >= 11 is 0. The Kier molecular flexibility index (Phi) is 4.45. The second-order valence-corrected chi connectivity index (χ2v) is 7.54. The number of sulfonamides is 1. The van der Waals surface area contributed by atoms with Crippen molar-refractivity contribution in [2.45, 2.75) is 18.7 Å². The minimum Gasteiger partial charge on any atom is -0.225 e. The van der Waals surface area contributed by atoms with Gasteiger partial charge in [-0.1, -0.05) is 42.5 Å². The Balaban J connectivity index is 2.30. The fraction of sp³-hybridized carbons (Fsp3) is 0.100. The second-order valence-electron chi connectivity index (χ2n) is 6.01. The van der Waals surface area contributed by atoms with Crippen LogP contribution in [0.4, 0.5) is 4.39 Å². The van der Waals surface area contributed by atoms with E-state index in [9.17, 15) is 12.8 Å². The third-order valence-electron chi connectivity index (χ3n) is 4.16. The number of nitrogens with two attached hydrogens (primary N) is 1. The first-order valence-electron chi connectivity index (χ1n) is 7.77. The molecule has 2 N–H and O–H groups in total. The number of hydrogen-bond donors (Lipinski definition) is 1. The molecular formula is C20H18FNO2S. The number of primary sulfonamides is 1. The maximum Gasteiger partial charge on any atom is 0.238 e. The quantitative estimate of drug-likeness (QED) is 0.756. The van der Waals surface area contributed by atoms with E-state index in [4.69, 9.17) is 5.14 Å². The number of halogens is 1. The van der Waals surface area contributed by atoms with E-state index in [2.05, 4.69) is 0 Å². The van der Waals surface area contributed by atoms with Crippen LogP contribution < -0.4 is 5.14 Å². The molecule has 0 saturated carbocycles. The zero-order chi connectivity index (χ0) is 18.2. The summed E-state index contributed by atoms with van der Waals surface area (Å²) in [5.41, 5.74) is 4.01. The van der Waals surface area contributed by atoms with E-state index in [0.717, 1.165) is 16.7 Å². The minimum absolute atomic E-state index is 0.0676. The van der Waals surface area contributed by atoms with Gasteiger partial charge in [0.2, 0.25) is 10.0 Å². The lowest BCUT2D eigenvalue weighted by molar-refractivity contribution is 0.598. The van der Waals surface area contributed by atoms with E-state index < -0.39 is 10.0 Å². The smallest absolute Gasteiger partial charge is 0.225 e. The molecule has 0 bridgehead atoms. The molecule has 128 valence electrons. The molecule has 5 heteroatoms. The minimum atomic E-state index is -3.86. The highest BCUT2D eigenvalue weighted by atomic mass is 32.2. The Hall–Kier alpha value is -2.50. The van der Waals surface area contributed by atoms with Gasteiger partial charge >= 0.3 is 0 Å². The van der Waals surface area contributed by atoms with E-state index in [1.165, 1.54) is 6.07 Å². The lowest BCUT2D eigenvalue weighted by Crippen LogP contribution is -2.13. The summed E-state index contributed by atoms with van der Waals surface area (Å²) in [4.78, 5) is 0.0676. The predicted octanol–water partition coefficient (Wildman–Crippen LogP) is 4.42. The predicted molar refractivity (Wildman–Crippen MR) is 98.1 cm³/mol. The molecule has 0 atom stereocenters. The van der Waals surface area contributed by atoms with Gasteiger partial charge in [-0.3, -0.25) is 0 Å². The van der Waals surface area contributed by atoms with Gasteiger partial charge in [0.1, 0.15) is 5.82 Å². The molecule has 0 aliphatic rings. The molecule has 0 radical (unpaired) electrons. The molecule has 3 rings (SSSR count). The van der Waals surface area contributed by atoms with Gasteiger partial charge in [0.05, 0.1) is 4.90 Å². The number of benzene rings is 3. The van der Waals surface area contributed by atoms with Gasteiger partial charge < -0.3 is 0 Å². The van der Waals surface area contributed by atoms with Crippen LogP contribution in [0.2, 0.25) is 0 Å². The highest BCUT2D eigenvalue weighted by Crippen LogP contribution is 2.36. The van der Waals surface area contributed by atoms with Crippen molar-refractivity contribution >= 4 is 10.0 Å². The average Bonchev–Trinajstić information content (AvgIpc) is 2.58. The summed E-state index contributed by atoms with van der Waals surface area (Å²) in [5, 5.41) is 5.37. The molecule has 0 fully saturated rings. The van der Waals surface area contributed by atoms with Crippen molar-refractivity contribution < 1.29 is 12.8 Å². The van der Waals surface area contributed by atoms with E-state index in [1.807, 2.05) is 24.3 Å². The summed E-state index contributed by atoms with van der Waals surface area (Å²) in [7, 11) is -3.86. The normalized spacial score (nSPS) is 11.5. The van der Waals surface area contributed by atoms with Gasteiger partial charge in [0.25, 0.3) is 0 Å². The first kappa shape index (κ1) is 17.3. The third kappa shape index (κ3) is 3.34. The molecule has 25 heavy (non-hydrogen) atoms. The van der Waals surface area contributed by atoms with Crippen LogP contribution in [0.5, 0.6) is 0 Å². The maximum absolute atomic E-state index is 14.0. The highest BCUT2D eigenvalue weighted by Gasteiger charge is 2.17. The lowest BCUT2D eigenvalue weighted by atomic mass is 9.92. The zero-order valence-corrected chi connectivity index (χ0v) is 14.8. The van der Waals surface area contributed by atoms with Crippen molar-refractivity contribution in [1.82, 2.24) is 0 Å². The molecule has 3 aromatic rings. The van der Waals surface area contributed by atoms with Crippen LogP contribution in [0.15, 0.2) is 65.6 Å². The summed E-state index contributed by atoms with van der Waals surface area (Å²) in [5.74, 6) is -0.230. The molecule has 0 unspecified atom stereocenters. The fourth-order valence-electron chi connectivity index (χ4n) is 3.01.